The molecular weight excluding hydrogens is 252 g/mol. The molecule has 1 amide bonds. The van der Waals surface area contributed by atoms with Crippen LogP contribution in [0, 0.1) is 5.92 Å². The predicted octanol–water partition coefficient (Wildman–Crippen LogP) is 0.393. The molecule has 0 fully saturated rings. The van der Waals surface area contributed by atoms with Crippen LogP contribution < -0.4 is 5.32 Å². The van der Waals surface area contributed by atoms with Gasteiger partial charge in [0.25, 0.3) is 5.91 Å². The first-order valence-corrected chi connectivity index (χ1v) is 6.29. The molecule has 2 N–H and O–H groups in total. The molecule has 0 saturated heterocycles. The number of hydrogen-bond acceptors (Lipinski definition) is 5. The zero-order chi connectivity index (χ0) is 14.4. The van der Waals surface area contributed by atoms with Crippen LogP contribution in [0.5, 0.6) is 0 Å². The van der Waals surface area contributed by atoms with Crippen molar-refractivity contribution in [3.8, 4) is 0 Å². The molecule has 19 heavy (non-hydrogen) atoms. The van der Waals surface area contributed by atoms with E-state index < -0.39 is 12.1 Å². The van der Waals surface area contributed by atoms with Crippen LogP contribution in [-0.4, -0.2) is 48.1 Å². The number of carboxylic acids is 1. The molecule has 1 heterocycles. The van der Waals surface area contributed by atoms with E-state index in [0.717, 1.165) is 0 Å². The van der Waals surface area contributed by atoms with Gasteiger partial charge in [0, 0.05) is 13.0 Å². The Morgan fingerprint density at radius 2 is 2.26 bits per heavy atom. The summed E-state index contributed by atoms with van der Waals surface area (Å²) in [4.78, 5) is 27.4. The SMILES string of the molecule is CCOCC(NC(=O)C1CC(C(=O)O)=NO1)C(C)C. The Morgan fingerprint density at radius 1 is 1.58 bits per heavy atom. The smallest absolute Gasteiger partial charge is 0.353 e. The minimum atomic E-state index is -1.16. The standard InChI is InChI=1S/C12H20N2O5/c1-4-18-6-9(7(2)3)13-11(15)10-5-8(12(16)17)14-19-10/h7,9-10H,4-6H2,1-3H3,(H,13,15)(H,16,17). The van der Waals surface area contributed by atoms with Crippen LogP contribution in [0.4, 0.5) is 0 Å². The molecular formula is C12H20N2O5. The molecule has 2 atom stereocenters. The third-order valence-corrected chi connectivity index (χ3v) is 2.84. The Morgan fingerprint density at radius 3 is 2.74 bits per heavy atom. The zero-order valence-electron chi connectivity index (χ0n) is 11.4. The molecule has 0 spiro atoms. The Hall–Kier alpha value is -1.63. The number of carboxylic acid groups (broad SMARTS) is 1. The first-order chi connectivity index (χ1) is 8.95. The summed E-state index contributed by atoms with van der Waals surface area (Å²) >= 11 is 0. The summed E-state index contributed by atoms with van der Waals surface area (Å²) in [5.41, 5.74) is -0.133. The van der Waals surface area contributed by atoms with Gasteiger partial charge < -0.3 is 20.0 Å². The van der Waals surface area contributed by atoms with Gasteiger partial charge in [0.05, 0.1) is 12.6 Å². The molecule has 2 unspecified atom stereocenters. The largest absolute Gasteiger partial charge is 0.477 e. The molecule has 0 aliphatic carbocycles. The van der Waals surface area contributed by atoms with E-state index in [9.17, 15) is 9.59 Å². The van der Waals surface area contributed by atoms with Gasteiger partial charge >= 0.3 is 5.97 Å². The Kier molecular flexibility index (Phi) is 5.75. The van der Waals surface area contributed by atoms with Crippen molar-refractivity contribution >= 4 is 17.6 Å². The van der Waals surface area contributed by atoms with Gasteiger partial charge in [0.15, 0.2) is 5.71 Å². The maximum absolute atomic E-state index is 11.9. The van der Waals surface area contributed by atoms with E-state index in [1.54, 1.807) is 0 Å². The van der Waals surface area contributed by atoms with Crippen molar-refractivity contribution in [1.82, 2.24) is 5.32 Å². The molecule has 0 aromatic heterocycles. The fourth-order valence-corrected chi connectivity index (χ4v) is 1.57. The lowest BCUT2D eigenvalue weighted by molar-refractivity contribution is -0.132. The van der Waals surface area contributed by atoms with Gasteiger partial charge in [-0.15, -0.1) is 0 Å². The summed E-state index contributed by atoms with van der Waals surface area (Å²) < 4.78 is 5.30. The zero-order valence-corrected chi connectivity index (χ0v) is 11.4. The molecule has 108 valence electrons. The second-order valence-electron chi connectivity index (χ2n) is 4.66. The lowest BCUT2D eigenvalue weighted by atomic mass is 10.0. The first kappa shape index (κ1) is 15.4. The van der Waals surface area contributed by atoms with E-state index >= 15 is 0 Å². The average Bonchev–Trinajstić information content (AvgIpc) is 2.83. The van der Waals surface area contributed by atoms with Gasteiger partial charge in [-0.25, -0.2) is 4.79 Å². The number of aliphatic carboxylic acids is 1. The summed E-state index contributed by atoms with van der Waals surface area (Å²) in [6.45, 7) is 6.81. The number of rotatable bonds is 7. The lowest BCUT2D eigenvalue weighted by Gasteiger charge is -2.23. The second kappa shape index (κ2) is 7.08. The average molecular weight is 272 g/mol. The highest BCUT2D eigenvalue weighted by molar-refractivity contribution is 6.36. The van der Waals surface area contributed by atoms with Crippen molar-refractivity contribution in [3.05, 3.63) is 0 Å². The first-order valence-electron chi connectivity index (χ1n) is 6.29. The third kappa shape index (κ3) is 4.51. The van der Waals surface area contributed by atoms with Gasteiger partial charge in [0.2, 0.25) is 6.10 Å². The molecule has 0 saturated carbocycles. The van der Waals surface area contributed by atoms with Crippen LogP contribution in [0.2, 0.25) is 0 Å². The summed E-state index contributed by atoms with van der Waals surface area (Å²) in [6.07, 6.45) is -0.880. The maximum Gasteiger partial charge on any atom is 0.353 e. The number of nitrogens with one attached hydrogen (secondary N) is 1. The monoisotopic (exact) mass is 272 g/mol. The Balaban J connectivity index is 2.48. The Labute approximate surface area is 111 Å². The lowest BCUT2D eigenvalue weighted by Crippen LogP contribution is -2.46. The van der Waals surface area contributed by atoms with Gasteiger partial charge in [-0.3, -0.25) is 4.79 Å². The quantitative estimate of drug-likeness (QED) is 0.699. The maximum atomic E-state index is 11.9. The number of ether oxygens (including phenoxy) is 1. The minimum Gasteiger partial charge on any atom is -0.477 e. The highest BCUT2D eigenvalue weighted by Crippen LogP contribution is 2.12. The molecule has 1 aliphatic rings. The third-order valence-electron chi connectivity index (χ3n) is 2.84. The summed E-state index contributed by atoms with van der Waals surface area (Å²) in [6, 6.07) is -0.134. The van der Waals surface area contributed by atoms with E-state index in [-0.39, 0.29) is 30.0 Å². The molecule has 7 heteroatoms. The van der Waals surface area contributed by atoms with Crippen LogP contribution in [-0.2, 0) is 19.2 Å². The second-order valence-corrected chi connectivity index (χ2v) is 4.66. The number of nitrogens with zero attached hydrogens (tertiary/aromatic N) is 1. The van der Waals surface area contributed by atoms with E-state index in [0.29, 0.717) is 13.2 Å². The van der Waals surface area contributed by atoms with Crippen molar-refractivity contribution in [2.45, 2.75) is 39.3 Å². The molecule has 0 radical (unpaired) electrons. The predicted molar refractivity (Wildman–Crippen MR) is 67.8 cm³/mol. The van der Waals surface area contributed by atoms with Crippen LogP contribution in [0.25, 0.3) is 0 Å². The topological polar surface area (TPSA) is 97.2 Å². The van der Waals surface area contributed by atoms with Crippen molar-refractivity contribution in [1.29, 1.82) is 0 Å². The van der Waals surface area contributed by atoms with Crippen LogP contribution in [0.15, 0.2) is 5.16 Å². The van der Waals surface area contributed by atoms with Crippen molar-refractivity contribution in [2.75, 3.05) is 13.2 Å². The van der Waals surface area contributed by atoms with Gasteiger partial charge in [-0.05, 0) is 12.8 Å². The minimum absolute atomic E-state index is 0.0133. The molecule has 0 aromatic rings. The number of hydrogen-bond donors (Lipinski definition) is 2. The summed E-state index contributed by atoms with van der Waals surface area (Å²) in [5.74, 6) is -1.32. The van der Waals surface area contributed by atoms with E-state index in [1.165, 1.54) is 0 Å². The number of oxime groups is 1. The highest BCUT2D eigenvalue weighted by Gasteiger charge is 2.32. The van der Waals surface area contributed by atoms with Crippen LogP contribution >= 0.6 is 0 Å². The van der Waals surface area contributed by atoms with Gasteiger partial charge in [0.1, 0.15) is 0 Å². The summed E-state index contributed by atoms with van der Waals surface area (Å²) in [5, 5.41) is 14.9. The fourth-order valence-electron chi connectivity index (χ4n) is 1.57. The summed E-state index contributed by atoms with van der Waals surface area (Å²) in [7, 11) is 0. The Bertz CT molecular complexity index is 367. The van der Waals surface area contributed by atoms with Crippen molar-refractivity contribution < 1.29 is 24.3 Å². The number of amides is 1. The van der Waals surface area contributed by atoms with Gasteiger partial charge in [-0.1, -0.05) is 19.0 Å². The molecule has 1 rings (SSSR count). The molecule has 1 aliphatic heterocycles. The van der Waals surface area contributed by atoms with E-state index in [4.69, 9.17) is 14.7 Å². The highest BCUT2D eigenvalue weighted by atomic mass is 16.6. The van der Waals surface area contributed by atoms with E-state index in [1.807, 2.05) is 20.8 Å². The fraction of sp³-hybridized carbons (Fsp3) is 0.750. The molecule has 7 nitrogen and oxygen atoms in total. The van der Waals surface area contributed by atoms with Crippen LogP contribution in [0.1, 0.15) is 27.2 Å². The molecule has 0 bridgehead atoms. The number of carbonyl (C=O) groups excluding carboxylic acids is 1. The number of carbonyl (C=O) groups is 2. The normalized spacial score (nSPS) is 19.8. The van der Waals surface area contributed by atoms with Crippen molar-refractivity contribution in [2.24, 2.45) is 11.1 Å². The molecule has 0 aromatic carbocycles. The van der Waals surface area contributed by atoms with Gasteiger partial charge in [-0.2, -0.15) is 0 Å². The van der Waals surface area contributed by atoms with Crippen molar-refractivity contribution in [3.63, 3.8) is 0 Å². The van der Waals surface area contributed by atoms with Crippen LogP contribution in [0.3, 0.4) is 0 Å². The van der Waals surface area contributed by atoms with E-state index in [2.05, 4.69) is 10.5 Å².